The van der Waals surface area contributed by atoms with Crippen molar-refractivity contribution in [3.8, 4) is 5.75 Å². The second-order valence-electron chi connectivity index (χ2n) is 5.23. The molecule has 3 rings (SSSR count). The molecule has 2 aromatic rings. The summed E-state index contributed by atoms with van der Waals surface area (Å²) in [6.07, 6.45) is 5.79. The highest BCUT2D eigenvalue weighted by Gasteiger charge is 2.17. The first kappa shape index (κ1) is 13.2. The number of pyridine rings is 1. The molecule has 0 unspecified atom stereocenters. The van der Waals surface area contributed by atoms with E-state index >= 15 is 0 Å². The maximum atomic E-state index is 5.80. The molecule has 0 radical (unpaired) electrons. The number of nitrogens with zero attached hydrogens (tertiary/aromatic N) is 1. The lowest BCUT2D eigenvalue weighted by atomic mass is 10.0. The van der Waals surface area contributed by atoms with Gasteiger partial charge in [-0.1, -0.05) is 6.42 Å². The van der Waals surface area contributed by atoms with Crippen LogP contribution in [0.3, 0.4) is 0 Å². The predicted molar refractivity (Wildman–Crippen MR) is 82.0 cm³/mol. The molecule has 0 aliphatic heterocycles. The van der Waals surface area contributed by atoms with Gasteiger partial charge < -0.3 is 10.2 Å². The lowest BCUT2D eigenvalue weighted by Gasteiger charge is -2.15. The van der Waals surface area contributed by atoms with Crippen molar-refractivity contribution in [3.05, 3.63) is 29.5 Å². The molecule has 0 saturated heterocycles. The summed E-state index contributed by atoms with van der Waals surface area (Å²) in [5.41, 5.74) is 7.39. The molecule has 1 heterocycles. The summed E-state index contributed by atoms with van der Waals surface area (Å²) < 4.78 is 5.59. The number of hydrogen-bond acceptors (Lipinski definition) is 4. The number of fused-ring (bicyclic) bond motifs is 2. The van der Waals surface area contributed by atoms with Crippen LogP contribution in [-0.2, 0) is 12.8 Å². The van der Waals surface area contributed by atoms with Crippen LogP contribution in [0.2, 0.25) is 0 Å². The molecule has 3 N–H and O–H groups in total. The van der Waals surface area contributed by atoms with Crippen LogP contribution in [0.5, 0.6) is 5.75 Å². The first-order valence-electron chi connectivity index (χ1n) is 7.38. The highest BCUT2D eigenvalue weighted by molar-refractivity contribution is 5.94. The summed E-state index contributed by atoms with van der Waals surface area (Å²) in [4.78, 5) is 4.83. The first-order chi connectivity index (χ1) is 9.83. The highest BCUT2D eigenvalue weighted by Crippen LogP contribution is 2.33. The summed E-state index contributed by atoms with van der Waals surface area (Å²) in [5.74, 6) is 6.66. The minimum atomic E-state index is 0.662. The van der Waals surface area contributed by atoms with Gasteiger partial charge in [0.2, 0.25) is 0 Å². The number of rotatable bonds is 3. The van der Waals surface area contributed by atoms with Gasteiger partial charge in [0.25, 0.3) is 0 Å². The van der Waals surface area contributed by atoms with Gasteiger partial charge in [0.15, 0.2) is 0 Å². The summed E-state index contributed by atoms with van der Waals surface area (Å²) in [7, 11) is 0. The number of ether oxygens (including phenoxy) is 1. The summed E-state index contributed by atoms with van der Waals surface area (Å²) in [5, 5.41) is 1.05. The molecule has 20 heavy (non-hydrogen) atoms. The van der Waals surface area contributed by atoms with E-state index in [4.69, 9.17) is 15.6 Å². The van der Waals surface area contributed by atoms with Crippen molar-refractivity contribution in [2.75, 3.05) is 12.0 Å². The number of aryl methyl sites for hydroxylation is 1. The monoisotopic (exact) mass is 271 g/mol. The second kappa shape index (κ2) is 5.67. The summed E-state index contributed by atoms with van der Waals surface area (Å²) >= 11 is 0. The topological polar surface area (TPSA) is 60.2 Å². The van der Waals surface area contributed by atoms with Gasteiger partial charge in [-0.05, 0) is 56.4 Å². The zero-order valence-corrected chi connectivity index (χ0v) is 11.9. The maximum absolute atomic E-state index is 5.80. The Labute approximate surface area is 119 Å². The number of nitrogens with one attached hydrogen (secondary N) is 1. The SMILES string of the molecule is CCOc1ccc2nc3c(c(NN)c2c1)CCCCC3. The van der Waals surface area contributed by atoms with Crippen LogP contribution < -0.4 is 16.0 Å². The maximum Gasteiger partial charge on any atom is 0.120 e. The molecule has 0 fully saturated rings. The normalized spacial score (nSPS) is 14.7. The molecule has 1 aliphatic carbocycles. The van der Waals surface area contributed by atoms with E-state index in [0.29, 0.717) is 6.61 Å². The third-order valence-corrected chi connectivity index (χ3v) is 3.94. The van der Waals surface area contributed by atoms with Crippen LogP contribution in [0.1, 0.15) is 37.4 Å². The van der Waals surface area contributed by atoms with Crippen molar-refractivity contribution in [2.45, 2.75) is 39.0 Å². The Bertz CT molecular complexity index is 625. The Morgan fingerprint density at radius 1 is 1.25 bits per heavy atom. The number of anilines is 1. The van der Waals surface area contributed by atoms with E-state index in [1.807, 2.05) is 25.1 Å². The molecule has 0 saturated carbocycles. The fourth-order valence-electron chi connectivity index (χ4n) is 3.00. The van der Waals surface area contributed by atoms with E-state index in [-0.39, 0.29) is 0 Å². The third kappa shape index (κ3) is 2.31. The number of hydrazine groups is 1. The number of nitrogen functional groups attached to an aromatic ring is 1. The molecule has 0 bridgehead atoms. The van der Waals surface area contributed by atoms with E-state index in [1.165, 1.54) is 30.5 Å². The van der Waals surface area contributed by atoms with Crippen LogP contribution in [0, 0.1) is 0 Å². The van der Waals surface area contributed by atoms with Gasteiger partial charge in [-0.3, -0.25) is 10.8 Å². The van der Waals surface area contributed by atoms with Gasteiger partial charge in [-0.2, -0.15) is 0 Å². The molecular weight excluding hydrogens is 250 g/mol. The molecule has 0 atom stereocenters. The van der Waals surface area contributed by atoms with Gasteiger partial charge in [0.05, 0.1) is 17.8 Å². The van der Waals surface area contributed by atoms with Crippen LogP contribution >= 0.6 is 0 Å². The van der Waals surface area contributed by atoms with Crippen molar-refractivity contribution in [2.24, 2.45) is 5.84 Å². The lowest BCUT2D eigenvalue weighted by Crippen LogP contribution is -2.12. The zero-order valence-electron chi connectivity index (χ0n) is 11.9. The molecule has 1 aromatic heterocycles. The van der Waals surface area contributed by atoms with Gasteiger partial charge >= 0.3 is 0 Å². The molecule has 4 heteroatoms. The quantitative estimate of drug-likeness (QED) is 0.511. The largest absolute Gasteiger partial charge is 0.494 e. The Balaban J connectivity index is 2.20. The number of benzene rings is 1. The number of nitrogens with two attached hydrogens (primary N) is 1. The van der Waals surface area contributed by atoms with Crippen molar-refractivity contribution in [1.29, 1.82) is 0 Å². The highest BCUT2D eigenvalue weighted by atomic mass is 16.5. The van der Waals surface area contributed by atoms with Crippen molar-refractivity contribution in [1.82, 2.24) is 4.98 Å². The molecule has 0 spiro atoms. The average Bonchev–Trinajstić information content (AvgIpc) is 2.70. The summed E-state index contributed by atoms with van der Waals surface area (Å²) in [6.45, 7) is 2.65. The Morgan fingerprint density at radius 2 is 2.10 bits per heavy atom. The average molecular weight is 271 g/mol. The van der Waals surface area contributed by atoms with Crippen LogP contribution in [0.4, 0.5) is 5.69 Å². The lowest BCUT2D eigenvalue weighted by molar-refractivity contribution is 0.340. The smallest absolute Gasteiger partial charge is 0.120 e. The number of hydrogen-bond donors (Lipinski definition) is 2. The van der Waals surface area contributed by atoms with E-state index in [1.54, 1.807) is 0 Å². The predicted octanol–water partition coefficient (Wildman–Crippen LogP) is 3.19. The van der Waals surface area contributed by atoms with Crippen LogP contribution in [-0.4, -0.2) is 11.6 Å². The Kier molecular flexibility index (Phi) is 3.74. The van der Waals surface area contributed by atoms with E-state index in [0.717, 1.165) is 35.2 Å². The van der Waals surface area contributed by atoms with Crippen LogP contribution in [0.15, 0.2) is 18.2 Å². The van der Waals surface area contributed by atoms with Crippen molar-refractivity contribution < 1.29 is 4.74 Å². The molecule has 106 valence electrons. The number of aromatic nitrogens is 1. The van der Waals surface area contributed by atoms with E-state index < -0.39 is 0 Å². The van der Waals surface area contributed by atoms with Crippen LogP contribution in [0.25, 0.3) is 10.9 Å². The zero-order chi connectivity index (χ0) is 13.9. The molecule has 0 amide bonds. The fraction of sp³-hybridized carbons (Fsp3) is 0.438. The minimum absolute atomic E-state index is 0.662. The Hall–Kier alpha value is -1.81. The van der Waals surface area contributed by atoms with Gasteiger partial charge in [-0.25, -0.2) is 0 Å². The van der Waals surface area contributed by atoms with E-state index in [2.05, 4.69) is 5.43 Å². The second-order valence-corrected chi connectivity index (χ2v) is 5.23. The third-order valence-electron chi connectivity index (χ3n) is 3.94. The minimum Gasteiger partial charge on any atom is -0.494 e. The molecular formula is C16H21N3O. The summed E-state index contributed by atoms with van der Waals surface area (Å²) in [6, 6.07) is 6.03. The van der Waals surface area contributed by atoms with Gasteiger partial charge in [0.1, 0.15) is 5.75 Å². The van der Waals surface area contributed by atoms with E-state index in [9.17, 15) is 0 Å². The standard InChI is InChI=1S/C16H21N3O/c1-2-20-11-8-9-15-13(10-11)16(19-17)12-6-4-3-5-7-14(12)18-15/h8-10H,2-7,17H2,1H3,(H,18,19). The van der Waals surface area contributed by atoms with Gasteiger partial charge in [-0.15, -0.1) is 0 Å². The van der Waals surface area contributed by atoms with Crippen molar-refractivity contribution in [3.63, 3.8) is 0 Å². The first-order valence-corrected chi connectivity index (χ1v) is 7.38. The van der Waals surface area contributed by atoms with Gasteiger partial charge in [0, 0.05) is 11.1 Å². The Morgan fingerprint density at radius 3 is 2.90 bits per heavy atom. The molecule has 1 aromatic carbocycles. The van der Waals surface area contributed by atoms with Crippen molar-refractivity contribution >= 4 is 16.6 Å². The fourth-order valence-corrected chi connectivity index (χ4v) is 3.00. The molecule has 4 nitrogen and oxygen atoms in total. The molecule has 1 aliphatic rings.